The Hall–Kier alpha value is -3.06. The number of halogens is 4. The minimum absolute atomic E-state index is 0.0407. The minimum atomic E-state index is -4.61. The summed E-state index contributed by atoms with van der Waals surface area (Å²) in [6.07, 6.45) is -2.59. The molecule has 0 bridgehead atoms. The molecule has 0 fully saturated rings. The van der Waals surface area contributed by atoms with Crippen molar-refractivity contribution in [3.63, 3.8) is 0 Å². The van der Waals surface area contributed by atoms with Gasteiger partial charge in [-0.2, -0.15) is 18.3 Å². The van der Waals surface area contributed by atoms with Crippen LogP contribution in [0.5, 0.6) is 5.75 Å². The van der Waals surface area contributed by atoms with Crippen LogP contribution in [0.25, 0.3) is 0 Å². The maximum Gasteiger partial charge on any atom is 0.410 e. The van der Waals surface area contributed by atoms with Crippen LogP contribution in [0.1, 0.15) is 68.7 Å². The Morgan fingerprint density at radius 1 is 1.29 bits per heavy atom. The van der Waals surface area contributed by atoms with Crippen molar-refractivity contribution >= 4 is 49.9 Å². The van der Waals surface area contributed by atoms with Gasteiger partial charge in [0, 0.05) is 11.3 Å². The van der Waals surface area contributed by atoms with Gasteiger partial charge in [-0.3, -0.25) is 9.59 Å². The summed E-state index contributed by atoms with van der Waals surface area (Å²) < 4.78 is 48.5. The standard InChI is InChI=1S/C25H25BrF3N5O3S/c1-11-3-8-14-16(9-11)38-24(18(14)21(30)35)32-23(36)20-19(26)22-31-15(12-4-6-13(37-2)7-5-12)10-17(25(27,28)29)34(22)33-20/h4-7,11,15,17,31H,3,8-10H2,1-2H3,(H2,30,35)(H,32,36)/t11-,15-,17+/m0/s1. The van der Waals surface area contributed by atoms with E-state index in [1.807, 2.05) is 0 Å². The molecule has 1 aromatic carbocycles. The van der Waals surface area contributed by atoms with Crippen LogP contribution in [0, 0.1) is 5.92 Å². The van der Waals surface area contributed by atoms with Crippen LogP contribution < -0.4 is 21.1 Å². The molecule has 13 heteroatoms. The summed E-state index contributed by atoms with van der Waals surface area (Å²) in [6, 6.07) is 4.11. The SMILES string of the molecule is COc1ccc([C@@H]2C[C@H](C(F)(F)F)n3nc(C(=O)Nc4sc5c(c4C(N)=O)CC[C@H](C)C5)c(Br)c3N2)cc1. The first-order chi connectivity index (χ1) is 18.0. The molecule has 3 aromatic rings. The largest absolute Gasteiger partial charge is 0.497 e. The number of carbonyl (C=O) groups excluding carboxylic acids is 2. The molecule has 202 valence electrons. The van der Waals surface area contributed by atoms with Crippen LogP contribution in [0.3, 0.4) is 0 Å². The molecule has 0 spiro atoms. The van der Waals surface area contributed by atoms with E-state index in [2.05, 4.69) is 38.6 Å². The first-order valence-electron chi connectivity index (χ1n) is 12.0. The van der Waals surface area contributed by atoms with Crippen molar-refractivity contribution in [3.8, 4) is 5.75 Å². The van der Waals surface area contributed by atoms with Crippen molar-refractivity contribution in [2.45, 2.75) is 50.9 Å². The zero-order chi connectivity index (χ0) is 27.4. The number of benzene rings is 1. The number of nitrogens with two attached hydrogens (primary N) is 1. The lowest BCUT2D eigenvalue weighted by Crippen LogP contribution is -2.35. The predicted octanol–water partition coefficient (Wildman–Crippen LogP) is 5.85. The monoisotopic (exact) mass is 611 g/mol. The molecule has 3 atom stereocenters. The number of nitrogens with one attached hydrogen (secondary N) is 2. The number of hydrogen-bond acceptors (Lipinski definition) is 6. The topological polar surface area (TPSA) is 111 Å². The molecular formula is C25H25BrF3N5O3S. The first-order valence-corrected chi connectivity index (χ1v) is 13.6. The van der Waals surface area contributed by atoms with Crippen LogP contribution in [-0.2, 0) is 12.8 Å². The van der Waals surface area contributed by atoms with Gasteiger partial charge in [0.2, 0.25) is 0 Å². The molecule has 0 saturated heterocycles. The number of methoxy groups -OCH3 is 1. The number of thiophene rings is 1. The molecule has 0 saturated carbocycles. The van der Waals surface area contributed by atoms with Gasteiger partial charge < -0.3 is 21.1 Å². The van der Waals surface area contributed by atoms with Gasteiger partial charge in [-0.05, 0) is 64.4 Å². The van der Waals surface area contributed by atoms with Crippen LogP contribution in [0.15, 0.2) is 28.7 Å². The van der Waals surface area contributed by atoms with Gasteiger partial charge in [0.25, 0.3) is 11.8 Å². The fraction of sp³-hybridized carbons (Fsp3) is 0.400. The lowest BCUT2D eigenvalue weighted by Gasteiger charge is -2.33. The maximum absolute atomic E-state index is 14.1. The van der Waals surface area contributed by atoms with Crippen molar-refractivity contribution in [2.75, 3.05) is 17.7 Å². The van der Waals surface area contributed by atoms with Gasteiger partial charge in [-0.25, -0.2) is 4.68 Å². The van der Waals surface area contributed by atoms with Crippen LogP contribution in [-0.4, -0.2) is 34.9 Å². The van der Waals surface area contributed by atoms with E-state index in [9.17, 15) is 22.8 Å². The molecule has 8 nitrogen and oxygen atoms in total. The number of rotatable bonds is 5. The van der Waals surface area contributed by atoms with Gasteiger partial charge in [-0.15, -0.1) is 11.3 Å². The molecule has 4 N–H and O–H groups in total. The van der Waals surface area contributed by atoms with E-state index >= 15 is 0 Å². The van der Waals surface area contributed by atoms with Crippen molar-refractivity contribution in [3.05, 3.63) is 56.0 Å². The van der Waals surface area contributed by atoms with Gasteiger partial charge in [0.15, 0.2) is 11.7 Å². The minimum Gasteiger partial charge on any atom is -0.497 e. The quantitative estimate of drug-likeness (QED) is 0.335. The normalized spacial score (nSPS) is 20.7. The Morgan fingerprint density at radius 3 is 2.63 bits per heavy atom. The van der Waals surface area contributed by atoms with Crippen molar-refractivity contribution in [1.82, 2.24) is 9.78 Å². The smallest absolute Gasteiger partial charge is 0.410 e. The summed E-state index contributed by atoms with van der Waals surface area (Å²) in [4.78, 5) is 26.5. The maximum atomic E-state index is 14.1. The highest BCUT2D eigenvalue weighted by Crippen LogP contribution is 2.47. The average Bonchev–Trinajstić information content (AvgIpc) is 3.39. The summed E-state index contributed by atoms with van der Waals surface area (Å²) in [5.74, 6) is -0.335. The number of fused-ring (bicyclic) bond motifs is 2. The zero-order valence-corrected chi connectivity index (χ0v) is 22.9. The van der Waals surface area contributed by atoms with Gasteiger partial charge in [0.1, 0.15) is 16.6 Å². The van der Waals surface area contributed by atoms with Gasteiger partial charge in [0.05, 0.1) is 23.2 Å². The predicted molar refractivity (Wildman–Crippen MR) is 141 cm³/mol. The van der Waals surface area contributed by atoms with Crippen molar-refractivity contribution in [1.29, 1.82) is 0 Å². The number of hydrogen-bond donors (Lipinski definition) is 3. The summed E-state index contributed by atoms with van der Waals surface area (Å²) >= 11 is 4.57. The second-order valence-corrected chi connectivity index (χ2v) is 11.5. The average molecular weight is 612 g/mol. The van der Waals surface area contributed by atoms with Crippen molar-refractivity contribution in [2.24, 2.45) is 11.7 Å². The second-order valence-electron chi connectivity index (χ2n) is 9.59. The highest BCUT2D eigenvalue weighted by atomic mass is 79.9. The van der Waals surface area contributed by atoms with Crippen LogP contribution in [0.2, 0.25) is 0 Å². The summed E-state index contributed by atoms with van der Waals surface area (Å²) in [5, 5.41) is 10.1. The molecule has 1 aliphatic heterocycles. The molecule has 0 unspecified atom stereocenters. The van der Waals surface area contributed by atoms with Gasteiger partial charge in [-0.1, -0.05) is 19.1 Å². The molecule has 0 radical (unpaired) electrons. The Bertz CT molecular complexity index is 1400. The third kappa shape index (κ3) is 4.77. The zero-order valence-electron chi connectivity index (χ0n) is 20.5. The van der Waals surface area contributed by atoms with E-state index in [1.165, 1.54) is 18.4 Å². The van der Waals surface area contributed by atoms with E-state index in [1.54, 1.807) is 24.3 Å². The third-order valence-electron chi connectivity index (χ3n) is 7.01. The number of amides is 2. The fourth-order valence-electron chi connectivity index (χ4n) is 5.05. The molecule has 5 rings (SSSR count). The molecule has 2 aliphatic rings. The summed E-state index contributed by atoms with van der Waals surface area (Å²) in [7, 11) is 1.51. The first kappa shape index (κ1) is 26.5. The number of ether oxygens (including phenoxy) is 1. The number of aromatic nitrogens is 2. The Kier molecular flexibility index (Phi) is 6.93. The Labute approximate surface area is 228 Å². The number of alkyl halides is 3. The number of anilines is 2. The lowest BCUT2D eigenvalue weighted by molar-refractivity contribution is -0.173. The van der Waals surface area contributed by atoms with E-state index < -0.39 is 30.1 Å². The molecule has 1 aliphatic carbocycles. The highest BCUT2D eigenvalue weighted by Gasteiger charge is 2.48. The number of primary amides is 1. The van der Waals surface area contributed by atoms with Crippen LogP contribution in [0.4, 0.5) is 24.0 Å². The second kappa shape index (κ2) is 9.92. The number of carbonyl (C=O) groups is 2. The molecular weight excluding hydrogens is 587 g/mol. The summed E-state index contributed by atoms with van der Waals surface area (Å²) in [6.45, 7) is 2.11. The van der Waals surface area contributed by atoms with Crippen molar-refractivity contribution < 1.29 is 27.5 Å². The Balaban J connectivity index is 1.48. The molecule has 2 amide bonds. The van der Waals surface area contributed by atoms with E-state index in [4.69, 9.17) is 10.5 Å². The Morgan fingerprint density at radius 2 is 2.00 bits per heavy atom. The fourth-order valence-corrected chi connectivity index (χ4v) is 7.02. The third-order valence-corrected chi connectivity index (χ3v) is 8.93. The molecule has 38 heavy (non-hydrogen) atoms. The van der Waals surface area contributed by atoms with Crippen LogP contribution >= 0.6 is 27.3 Å². The van der Waals surface area contributed by atoms with E-state index in [0.717, 1.165) is 28.0 Å². The van der Waals surface area contributed by atoms with Gasteiger partial charge >= 0.3 is 6.18 Å². The lowest BCUT2D eigenvalue weighted by atomic mass is 9.88. The summed E-state index contributed by atoms with van der Waals surface area (Å²) in [5.41, 5.74) is 7.14. The molecule has 3 heterocycles. The van der Waals surface area contributed by atoms with E-state index in [0.29, 0.717) is 23.7 Å². The molecule has 2 aromatic heterocycles. The number of nitrogens with zero attached hydrogens (tertiary/aromatic N) is 2. The highest BCUT2D eigenvalue weighted by molar-refractivity contribution is 9.10. The van der Waals surface area contributed by atoms with E-state index in [-0.39, 0.29) is 33.0 Å².